The second kappa shape index (κ2) is 10.9. The number of nitrogens with two attached hydrogens (primary N) is 1. The van der Waals surface area contributed by atoms with Gasteiger partial charge in [-0.2, -0.15) is 0 Å². The molecule has 168 valence electrons. The van der Waals surface area contributed by atoms with E-state index in [0.717, 1.165) is 35.5 Å². The summed E-state index contributed by atoms with van der Waals surface area (Å²) in [6.07, 6.45) is 3.70. The smallest absolute Gasteiger partial charge is 0.239 e. The van der Waals surface area contributed by atoms with Crippen molar-refractivity contribution in [1.82, 2.24) is 14.9 Å². The molecule has 2 aromatic rings. The fourth-order valence-corrected chi connectivity index (χ4v) is 4.00. The molecule has 0 saturated carbocycles. The van der Waals surface area contributed by atoms with Crippen LogP contribution in [0.15, 0.2) is 30.6 Å². The summed E-state index contributed by atoms with van der Waals surface area (Å²) in [6, 6.07) is 6.91. The molecule has 31 heavy (non-hydrogen) atoms. The molecule has 1 aliphatic heterocycles. The molecule has 7 nitrogen and oxygen atoms in total. The van der Waals surface area contributed by atoms with Crippen LogP contribution in [0.1, 0.15) is 56.5 Å². The van der Waals surface area contributed by atoms with Crippen LogP contribution in [0.3, 0.4) is 0 Å². The number of hydrogen-bond donors (Lipinski definition) is 2. The highest BCUT2D eigenvalue weighted by Gasteiger charge is 2.27. The molecule has 1 aromatic heterocycles. The largest absolute Gasteiger partial charge is 0.367 e. The third kappa shape index (κ3) is 5.93. The molecule has 3 rings (SSSR count). The minimum atomic E-state index is -0.595. The minimum absolute atomic E-state index is 0.0401. The van der Waals surface area contributed by atoms with E-state index in [9.17, 15) is 4.79 Å². The molecule has 0 bridgehead atoms. The third-order valence-corrected chi connectivity index (χ3v) is 5.86. The topological polar surface area (TPSA) is 93.4 Å². The van der Waals surface area contributed by atoms with Crippen molar-refractivity contribution in [3.05, 3.63) is 52.4 Å². The maximum atomic E-state index is 13.1. The van der Waals surface area contributed by atoms with E-state index in [-0.39, 0.29) is 18.1 Å². The van der Waals surface area contributed by atoms with Crippen molar-refractivity contribution in [3.8, 4) is 0 Å². The molecule has 0 saturated heterocycles. The van der Waals surface area contributed by atoms with Crippen LogP contribution in [0.2, 0.25) is 5.02 Å². The van der Waals surface area contributed by atoms with E-state index in [4.69, 9.17) is 22.1 Å². The van der Waals surface area contributed by atoms with Gasteiger partial charge in [-0.25, -0.2) is 9.97 Å². The monoisotopic (exact) mass is 445 g/mol. The zero-order valence-corrected chi connectivity index (χ0v) is 19.2. The summed E-state index contributed by atoms with van der Waals surface area (Å²) in [5.74, 6) is 0.748. The molecule has 8 heteroatoms. The van der Waals surface area contributed by atoms with Crippen molar-refractivity contribution in [3.63, 3.8) is 0 Å². The van der Waals surface area contributed by atoms with E-state index in [2.05, 4.69) is 29.1 Å². The highest BCUT2D eigenvalue weighted by Crippen LogP contribution is 2.33. The van der Waals surface area contributed by atoms with Crippen LogP contribution in [0.25, 0.3) is 0 Å². The van der Waals surface area contributed by atoms with Gasteiger partial charge in [-0.05, 0) is 43.9 Å². The molecule has 2 unspecified atom stereocenters. The van der Waals surface area contributed by atoms with Crippen LogP contribution in [0.5, 0.6) is 0 Å². The molecule has 1 aliphatic rings. The lowest BCUT2D eigenvalue weighted by Crippen LogP contribution is -2.49. The number of rotatable bonds is 10. The Bertz CT molecular complexity index is 877. The number of hydrogen-bond acceptors (Lipinski definition) is 6. The van der Waals surface area contributed by atoms with Gasteiger partial charge in [-0.3, -0.25) is 4.79 Å². The molecular weight excluding hydrogens is 414 g/mol. The number of aromatic nitrogens is 2. The van der Waals surface area contributed by atoms with Gasteiger partial charge in [0.2, 0.25) is 5.91 Å². The van der Waals surface area contributed by atoms with Crippen LogP contribution in [0.4, 0.5) is 5.82 Å². The lowest BCUT2D eigenvalue weighted by Gasteiger charge is -2.30. The van der Waals surface area contributed by atoms with Gasteiger partial charge in [0.1, 0.15) is 12.1 Å². The molecule has 0 fully saturated rings. The fraction of sp³-hybridized carbons (Fsp3) is 0.522. The summed E-state index contributed by atoms with van der Waals surface area (Å²) >= 11 is 5.96. The van der Waals surface area contributed by atoms with Gasteiger partial charge in [-0.1, -0.05) is 37.6 Å². The van der Waals surface area contributed by atoms with Crippen LogP contribution in [-0.4, -0.2) is 45.9 Å². The molecule has 0 aliphatic carbocycles. The number of anilines is 1. The predicted octanol–water partition coefficient (Wildman–Crippen LogP) is 3.72. The number of ether oxygens (including phenoxy) is 1. The Hall–Kier alpha value is -2.22. The average molecular weight is 446 g/mol. The molecule has 1 aromatic carbocycles. The van der Waals surface area contributed by atoms with Gasteiger partial charge in [0.05, 0.1) is 24.4 Å². The number of nitrogens with one attached hydrogen (secondary N) is 1. The SMILES string of the molecule is CCCN(CC(CC)Nc1ncnc2c1C(C)OC2)C(=O)[C@H](N)Cc1ccc(Cl)cc1. The Morgan fingerprint density at radius 2 is 2.06 bits per heavy atom. The number of fused-ring (bicyclic) bond motifs is 1. The van der Waals surface area contributed by atoms with E-state index in [1.165, 1.54) is 0 Å². The van der Waals surface area contributed by atoms with Crippen LogP contribution in [-0.2, 0) is 22.6 Å². The molecule has 0 spiro atoms. The zero-order valence-electron chi connectivity index (χ0n) is 18.5. The first-order chi connectivity index (χ1) is 14.9. The number of nitrogens with zero attached hydrogens (tertiary/aromatic N) is 3. The lowest BCUT2D eigenvalue weighted by atomic mass is 10.0. The first-order valence-corrected chi connectivity index (χ1v) is 11.3. The van der Waals surface area contributed by atoms with Gasteiger partial charge >= 0.3 is 0 Å². The maximum absolute atomic E-state index is 13.1. The van der Waals surface area contributed by atoms with E-state index in [0.29, 0.717) is 31.1 Å². The van der Waals surface area contributed by atoms with Gasteiger partial charge in [0.15, 0.2) is 0 Å². The average Bonchev–Trinajstić information content (AvgIpc) is 3.15. The number of carbonyl (C=O) groups is 1. The summed E-state index contributed by atoms with van der Waals surface area (Å²) in [4.78, 5) is 23.8. The van der Waals surface area contributed by atoms with E-state index < -0.39 is 6.04 Å². The highest BCUT2D eigenvalue weighted by atomic mass is 35.5. The predicted molar refractivity (Wildman–Crippen MR) is 123 cm³/mol. The Kier molecular flexibility index (Phi) is 8.23. The van der Waals surface area contributed by atoms with E-state index in [1.807, 2.05) is 36.1 Å². The Balaban J connectivity index is 1.68. The molecule has 3 N–H and O–H groups in total. The molecule has 3 atom stereocenters. The highest BCUT2D eigenvalue weighted by molar-refractivity contribution is 6.30. The van der Waals surface area contributed by atoms with Crippen molar-refractivity contribution in [2.45, 2.75) is 64.8 Å². The first kappa shape index (κ1) is 23.4. The third-order valence-electron chi connectivity index (χ3n) is 5.61. The number of benzene rings is 1. The molecule has 0 radical (unpaired) electrons. The van der Waals surface area contributed by atoms with Crippen LogP contribution < -0.4 is 11.1 Å². The Labute approximate surface area is 189 Å². The summed E-state index contributed by atoms with van der Waals surface area (Å²) < 4.78 is 5.70. The Morgan fingerprint density at radius 1 is 1.32 bits per heavy atom. The maximum Gasteiger partial charge on any atom is 0.239 e. The Morgan fingerprint density at radius 3 is 2.74 bits per heavy atom. The summed E-state index contributed by atoms with van der Waals surface area (Å²) in [6.45, 7) is 7.89. The summed E-state index contributed by atoms with van der Waals surface area (Å²) in [7, 11) is 0. The van der Waals surface area contributed by atoms with E-state index in [1.54, 1.807) is 6.33 Å². The van der Waals surface area contributed by atoms with Crippen molar-refractivity contribution in [2.24, 2.45) is 5.73 Å². The number of halogens is 1. The second-order valence-electron chi connectivity index (χ2n) is 8.01. The van der Waals surface area contributed by atoms with Crippen molar-refractivity contribution < 1.29 is 9.53 Å². The number of carbonyl (C=O) groups excluding carboxylic acids is 1. The fourth-order valence-electron chi connectivity index (χ4n) is 3.87. The summed E-state index contributed by atoms with van der Waals surface area (Å²) in [5.41, 5.74) is 9.23. The molecule has 1 amide bonds. The van der Waals surface area contributed by atoms with E-state index >= 15 is 0 Å². The van der Waals surface area contributed by atoms with Crippen LogP contribution >= 0.6 is 11.6 Å². The zero-order chi connectivity index (χ0) is 22.4. The van der Waals surface area contributed by atoms with Gasteiger partial charge < -0.3 is 20.7 Å². The van der Waals surface area contributed by atoms with Crippen molar-refractivity contribution >= 4 is 23.3 Å². The van der Waals surface area contributed by atoms with Crippen molar-refractivity contribution in [1.29, 1.82) is 0 Å². The molecular formula is C23H32ClN5O2. The van der Waals surface area contributed by atoms with Crippen LogP contribution in [0, 0.1) is 0 Å². The normalized spacial score (nSPS) is 17.1. The van der Waals surface area contributed by atoms with Gasteiger partial charge in [-0.15, -0.1) is 0 Å². The second-order valence-corrected chi connectivity index (χ2v) is 8.44. The quantitative estimate of drug-likeness (QED) is 0.578. The van der Waals surface area contributed by atoms with Gasteiger partial charge in [0.25, 0.3) is 0 Å². The molecule has 2 heterocycles. The first-order valence-electron chi connectivity index (χ1n) is 10.9. The van der Waals surface area contributed by atoms with Gasteiger partial charge in [0, 0.05) is 29.7 Å². The number of amides is 1. The van der Waals surface area contributed by atoms with Crippen molar-refractivity contribution in [2.75, 3.05) is 18.4 Å². The standard InChI is InChI=1S/C23H32ClN5O2/c1-4-10-29(23(30)19(25)11-16-6-8-17(24)9-7-16)12-18(5-2)28-22-21-15(3)31-13-20(21)26-14-27-22/h6-9,14-15,18-19H,4-5,10-13,25H2,1-3H3,(H,26,27,28)/t15?,18?,19-/m1/s1. The summed E-state index contributed by atoms with van der Waals surface area (Å²) in [5, 5.41) is 4.19. The minimum Gasteiger partial charge on any atom is -0.367 e. The lowest BCUT2D eigenvalue weighted by molar-refractivity contribution is -0.132.